The fourth-order valence-electron chi connectivity index (χ4n) is 2.09. The van der Waals surface area contributed by atoms with Gasteiger partial charge in [0.1, 0.15) is 16.6 Å². The standard InChI is InChI=1S/C14H9N3OS2/c1-2-19-14-17-16-12-8-5-3-4-6-9(8)13(18)11(12)10(7-15)20-14/h3-6H,2H2,1H3. The van der Waals surface area contributed by atoms with Crippen molar-refractivity contribution in [1.29, 1.82) is 5.26 Å². The summed E-state index contributed by atoms with van der Waals surface area (Å²) in [6.07, 6.45) is 0. The number of benzene rings is 1. The van der Waals surface area contributed by atoms with Crippen molar-refractivity contribution in [2.45, 2.75) is 11.3 Å². The van der Waals surface area contributed by atoms with Crippen LogP contribution < -0.4 is 5.43 Å². The Bertz CT molecular complexity index is 867. The molecule has 0 spiro atoms. The fraction of sp³-hybridized carbons (Fsp3) is 0.143. The van der Waals surface area contributed by atoms with Crippen LogP contribution in [0, 0.1) is 11.3 Å². The van der Waals surface area contributed by atoms with Gasteiger partial charge in [-0.1, -0.05) is 54.3 Å². The molecule has 4 nitrogen and oxygen atoms in total. The maximum Gasteiger partial charge on any atom is 0.198 e. The molecule has 98 valence electrons. The molecule has 0 amide bonds. The molecular formula is C14H9N3OS2. The molecule has 0 atom stereocenters. The minimum Gasteiger partial charge on any atom is -0.288 e. The second-order valence-electron chi connectivity index (χ2n) is 4.04. The van der Waals surface area contributed by atoms with Crippen molar-refractivity contribution in [3.05, 3.63) is 39.4 Å². The smallest absolute Gasteiger partial charge is 0.198 e. The van der Waals surface area contributed by atoms with Gasteiger partial charge in [-0.25, -0.2) is 0 Å². The molecule has 0 saturated heterocycles. The summed E-state index contributed by atoms with van der Waals surface area (Å²) < 4.78 is 0.698. The van der Waals surface area contributed by atoms with Gasteiger partial charge >= 0.3 is 0 Å². The van der Waals surface area contributed by atoms with Gasteiger partial charge in [-0.2, -0.15) is 5.26 Å². The molecule has 0 unspecified atom stereocenters. The molecule has 3 rings (SSSR count). The first kappa shape index (κ1) is 13.0. The Hall–Kier alpha value is -1.97. The van der Waals surface area contributed by atoms with Crippen LogP contribution in [-0.2, 0) is 0 Å². The van der Waals surface area contributed by atoms with Crippen molar-refractivity contribution < 1.29 is 0 Å². The second-order valence-corrected chi connectivity index (χ2v) is 6.55. The normalized spacial score (nSPS) is 10.8. The summed E-state index contributed by atoms with van der Waals surface area (Å²) in [5, 5.41) is 19.1. The van der Waals surface area contributed by atoms with Gasteiger partial charge in [0.25, 0.3) is 0 Å². The Morgan fingerprint density at radius 1 is 1.30 bits per heavy atom. The van der Waals surface area contributed by atoms with E-state index in [-0.39, 0.29) is 5.43 Å². The topological polar surface area (TPSA) is 66.6 Å². The number of thioether (sulfide) groups is 1. The van der Waals surface area contributed by atoms with Gasteiger partial charge in [-0.15, -0.1) is 10.2 Å². The van der Waals surface area contributed by atoms with E-state index in [2.05, 4.69) is 16.3 Å². The van der Waals surface area contributed by atoms with Gasteiger partial charge in [-0.3, -0.25) is 4.79 Å². The highest BCUT2D eigenvalue weighted by molar-refractivity contribution is 8.00. The van der Waals surface area contributed by atoms with E-state index >= 15 is 0 Å². The summed E-state index contributed by atoms with van der Waals surface area (Å²) in [5.41, 5.74) is 0.761. The largest absolute Gasteiger partial charge is 0.288 e. The fourth-order valence-corrected chi connectivity index (χ4v) is 3.87. The Balaban J connectivity index is 2.46. The van der Waals surface area contributed by atoms with E-state index < -0.39 is 0 Å². The van der Waals surface area contributed by atoms with Crippen molar-refractivity contribution >= 4 is 33.9 Å². The molecule has 6 heteroatoms. The van der Waals surface area contributed by atoms with Crippen molar-refractivity contribution in [3.8, 4) is 17.3 Å². The monoisotopic (exact) mass is 299 g/mol. The predicted molar refractivity (Wildman–Crippen MR) is 81.4 cm³/mol. The van der Waals surface area contributed by atoms with Crippen LogP contribution >= 0.6 is 23.1 Å². The molecule has 1 aromatic carbocycles. The molecule has 0 radical (unpaired) electrons. The van der Waals surface area contributed by atoms with Gasteiger partial charge in [0.2, 0.25) is 0 Å². The number of rotatable bonds is 2. The average molecular weight is 299 g/mol. The van der Waals surface area contributed by atoms with Crippen molar-refractivity contribution in [2.24, 2.45) is 0 Å². The SMILES string of the molecule is CCSc1nnc2c3ccccc3c(=O)c-2c(C#N)s1. The number of nitriles is 1. The Labute approximate surface area is 123 Å². The molecule has 1 heterocycles. The van der Waals surface area contributed by atoms with Crippen LogP contribution in [0.25, 0.3) is 22.0 Å². The molecule has 0 N–H and O–H groups in total. The third kappa shape index (κ3) is 1.96. The van der Waals surface area contributed by atoms with Gasteiger partial charge in [0.15, 0.2) is 9.77 Å². The molecule has 0 fully saturated rings. The van der Waals surface area contributed by atoms with Crippen LogP contribution in [0.1, 0.15) is 11.8 Å². The number of aromatic nitrogens is 2. The van der Waals surface area contributed by atoms with E-state index in [1.807, 2.05) is 25.1 Å². The summed E-state index contributed by atoms with van der Waals surface area (Å²) in [5.74, 6) is 0.843. The van der Waals surface area contributed by atoms with Crippen LogP contribution in [0.3, 0.4) is 0 Å². The highest BCUT2D eigenvalue weighted by atomic mass is 32.2. The lowest BCUT2D eigenvalue weighted by Crippen LogP contribution is -1.98. The van der Waals surface area contributed by atoms with Crippen LogP contribution in [0.4, 0.5) is 0 Å². The van der Waals surface area contributed by atoms with Crippen molar-refractivity contribution in [2.75, 3.05) is 5.75 Å². The minimum atomic E-state index is -0.138. The van der Waals surface area contributed by atoms with E-state index in [0.29, 0.717) is 25.9 Å². The van der Waals surface area contributed by atoms with E-state index in [9.17, 15) is 10.1 Å². The first-order valence-electron chi connectivity index (χ1n) is 6.01. The minimum absolute atomic E-state index is 0.138. The highest BCUT2D eigenvalue weighted by Crippen LogP contribution is 2.32. The molecule has 2 aliphatic rings. The molecule has 0 aromatic heterocycles. The van der Waals surface area contributed by atoms with Crippen LogP contribution in [-0.4, -0.2) is 16.0 Å². The molecule has 1 aromatic rings. The van der Waals surface area contributed by atoms with Crippen LogP contribution in [0.5, 0.6) is 0 Å². The third-order valence-electron chi connectivity index (χ3n) is 2.91. The maximum atomic E-state index is 12.5. The average Bonchev–Trinajstić information content (AvgIpc) is 2.64. The lowest BCUT2D eigenvalue weighted by atomic mass is 10.2. The van der Waals surface area contributed by atoms with Gasteiger partial charge in [0, 0.05) is 10.8 Å². The van der Waals surface area contributed by atoms with Gasteiger partial charge in [0.05, 0.1) is 5.56 Å². The van der Waals surface area contributed by atoms with E-state index in [1.165, 1.54) is 23.1 Å². The van der Waals surface area contributed by atoms with Crippen LogP contribution in [0.15, 0.2) is 33.4 Å². The zero-order valence-electron chi connectivity index (χ0n) is 10.6. The van der Waals surface area contributed by atoms with Crippen molar-refractivity contribution in [1.82, 2.24) is 10.2 Å². The number of hydrogen-bond donors (Lipinski definition) is 0. The van der Waals surface area contributed by atoms with E-state index in [4.69, 9.17) is 0 Å². The molecule has 1 aliphatic carbocycles. The maximum absolute atomic E-state index is 12.5. The second kappa shape index (κ2) is 5.19. The third-order valence-corrected chi connectivity index (χ3v) is 4.88. The number of nitrogens with zero attached hydrogens (tertiary/aromatic N) is 3. The molecule has 0 saturated carbocycles. The summed E-state index contributed by atoms with van der Waals surface area (Å²) in [6.45, 7) is 2.01. The predicted octanol–water partition coefficient (Wildman–Crippen LogP) is 3.14. The van der Waals surface area contributed by atoms with Gasteiger partial charge in [-0.05, 0) is 5.75 Å². The Morgan fingerprint density at radius 3 is 2.75 bits per heavy atom. The molecular weight excluding hydrogens is 290 g/mol. The van der Waals surface area contributed by atoms with E-state index in [0.717, 1.165) is 11.1 Å². The summed E-state index contributed by atoms with van der Waals surface area (Å²) in [4.78, 5) is 12.8. The van der Waals surface area contributed by atoms with Crippen molar-refractivity contribution in [3.63, 3.8) is 0 Å². The van der Waals surface area contributed by atoms with Crippen LogP contribution in [0.2, 0.25) is 0 Å². The quantitative estimate of drug-likeness (QED) is 0.680. The summed E-state index contributed by atoms with van der Waals surface area (Å²) in [7, 11) is 0. The zero-order valence-corrected chi connectivity index (χ0v) is 12.2. The zero-order chi connectivity index (χ0) is 14.1. The Morgan fingerprint density at radius 2 is 2.05 bits per heavy atom. The Kier molecular flexibility index (Phi) is 3.38. The molecule has 20 heavy (non-hydrogen) atoms. The summed E-state index contributed by atoms with van der Waals surface area (Å²) >= 11 is 2.74. The first-order chi connectivity index (χ1) is 9.76. The lowest BCUT2D eigenvalue weighted by molar-refractivity contribution is 0.995. The number of fused-ring (bicyclic) bond motifs is 3. The molecule has 0 bridgehead atoms. The highest BCUT2D eigenvalue weighted by Gasteiger charge is 2.21. The first-order valence-corrected chi connectivity index (χ1v) is 7.81. The number of hydrogen-bond acceptors (Lipinski definition) is 6. The summed E-state index contributed by atoms with van der Waals surface area (Å²) in [6, 6.07) is 9.38. The lowest BCUT2D eigenvalue weighted by Gasteiger charge is -1.90. The van der Waals surface area contributed by atoms with Gasteiger partial charge < -0.3 is 0 Å². The molecule has 1 aliphatic heterocycles. The van der Waals surface area contributed by atoms with E-state index in [1.54, 1.807) is 6.07 Å².